The maximum atomic E-state index is 9.69. The van der Waals surface area contributed by atoms with E-state index in [0.29, 0.717) is 17.1 Å². The first kappa shape index (κ1) is 13.6. The molecule has 5 heteroatoms. The Bertz CT molecular complexity index is 354. The average molecular weight is 264 g/mol. The molecule has 3 nitrogen and oxygen atoms in total. The molecule has 0 heterocycles. The van der Waals surface area contributed by atoms with Crippen molar-refractivity contribution in [3.8, 4) is 5.75 Å². The quantitative estimate of drug-likeness (QED) is 0.766. The number of phenols is 1. The number of aromatic hydroxyl groups is 1. The van der Waals surface area contributed by atoms with Gasteiger partial charge in [-0.1, -0.05) is 30.1 Å². The number of aliphatic hydroxyl groups is 1. The molecule has 0 aliphatic carbocycles. The number of phenolic OH excluding ortho intramolecular Hbond substituents is 1. The van der Waals surface area contributed by atoms with Gasteiger partial charge in [-0.05, 0) is 18.6 Å². The van der Waals surface area contributed by atoms with Gasteiger partial charge in [0.2, 0.25) is 0 Å². The molecule has 16 heavy (non-hydrogen) atoms. The third-order valence-corrected chi connectivity index (χ3v) is 2.91. The Kier molecular flexibility index (Phi) is 5.35. The van der Waals surface area contributed by atoms with Crippen LogP contribution in [0.2, 0.25) is 10.0 Å². The summed E-state index contributed by atoms with van der Waals surface area (Å²) in [5.41, 5.74) is 0.629. The minimum atomic E-state index is 0.0113. The normalized spacial score (nSPS) is 12.8. The summed E-state index contributed by atoms with van der Waals surface area (Å²) in [7, 11) is 0. The first-order chi connectivity index (χ1) is 7.58. The lowest BCUT2D eigenvalue weighted by Crippen LogP contribution is -2.31. The predicted octanol–water partition coefficient (Wildman–Crippen LogP) is 2.56. The molecule has 1 rings (SSSR count). The first-order valence-corrected chi connectivity index (χ1v) is 5.85. The van der Waals surface area contributed by atoms with Gasteiger partial charge in [-0.3, -0.25) is 0 Å². The summed E-state index contributed by atoms with van der Waals surface area (Å²) >= 11 is 11.6. The molecule has 0 saturated carbocycles. The second-order valence-corrected chi connectivity index (χ2v) is 4.41. The number of hydrogen-bond acceptors (Lipinski definition) is 3. The van der Waals surface area contributed by atoms with Crippen molar-refractivity contribution in [1.82, 2.24) is 5.32 Å². The van der Waals surface area contributed by atoms with E-state index in [-0.39, 0.29) is 23.4 Å². The monoisotopic (exact) mass is 263 g/mol. The fourth-order valence-corrected chi connectivity index (χ4v) is 1.88. The van der Waals surface area contributed by atoms with Crippen LogP contribution in [0, 0.1) is 0 Å². The minimum Gasteiger partial charge on any atom is -0.506 e. The highest BCUT2D eigenvalue weighted by Gasteiger charge is 2.10. The summed E-state index contributed by atoms with van der Waals surface area (Å²) in [5.74, 6) is 0.0337. The lowest BCUT2D eigenvalue weighted by atomic mass is 10.1. The predicted molar refractivity (Wildman–Crippen MR) is 66.1 cm³/mol. The minimum absolute atomic E-state index is 0.0113. The molecule has 1 atom stereocenters. The zero-order valence-electron chi connectivity index (χ0n) is 9.00. The van der Waals surface area contributed by atoms with Crippen LogP contribution in [-0.4, -0.2) is 22.9 Å². The number of halogens is 2. The maximum absolute atomic E-state index is 9.69. The Hall–Kier alpha value is -0.480. The van der Waals surface area contributed by atoms with Gasteiger partial charge in [-0.15, -0.1) is 0 Å². The van der Waals surface area contributed by atoms with Crippen LogP contribution in [-0.2, 0) is 6.54 Å². The van der Waals surface area contributed by atoms with Gasteiger partial charge < -0.3 is 15.5 Å². The molecule has 0 radical (unpaired) electrons. The molecule has 3 N–H and O–H groups in total. The highest BCUT2D eigenvalue weighted by molar-refractivity contribution is 6.35. The number of hydrogen-bond donors (Lipinski definition) is 3. The topological polar surface area (TPSA) is 52.5 Å². The Morgan fingerprint density at radius 3 is 2.62 bits per heavy atom. The molecular weight excluding hydrogens is 249 g/mol. The average Bonchev–Trinajstić information content (AvgIpc) is 2.26. The van der Waals surface area contributed by atoms with E-state index in [1.807, 2.05) is 6.92 Å². The van der Waals surface area contributed by atoms with Crippen molar-refractivity contribution in [3.05, 3.63) is 27.7 Å². The van der Waals surface area contributed by atoms with Crippen molar-refractivity contribution < 1.29 is 10.2 Å². The Morgan fingerprint density at radius 1 is 1.38 bits per heavy atom. The second kappa shape index (κ2) is 6.30. The van der Waals surface area contributed by atoms with Gasteiger partial charge >= 0.3 is 0 Å². The van der Waals surface area contributed by atoms with E-state index >= 15 is 0 Å². The van der Waals surface area contributed by atoms with Gasteiger partial charge in [0, 0.05) is 23.2 Å². The van der Waals surface area contributed by atoms with E-state index in [9.17, 15) is 5.11 Å². The van der Waals surface area contributed by atoms with Gasteiger partial charge in [0.15, 0.2) is 0 Å². The van der Waals surface area contributed by atoms with Crippen LogP contribution >= 0.6 is 23.2 Å². The molecule has 0 saturated heterocycles. The van der Waals surface area contributed by atoms with Crippen LogP contribution in [0.4, 0.5) is 0 Å². The lowest BCUT2D eigenvalue weighted by molar-refractivity contribution is 0.238. The number of benzene rings is 1. The van der Waals surface area contributed by atoms with Crippen molar-refractivity contribution in [3.63, 3.8) is 0 Å². The summed E-state index contributed by atoms with van der Waals surface area (Å²) in [6.07, 6.45) is 0.811. The SMILES string of the molecule is CC[C@H](CO)NCc1cc(Cl)cc(Cl)c1O. The van der Waals surface area contributed by atoms with E-state index in [1.165, 1.54) is 6.07 Å². The Balaban J connectivity index is 2.73. The molecule has 0 aliphatic heterocycles. The number of nitrogens with one attached hydrogen (secondary N) is 1. The van der Waals surface area contributed by atoms with Gasteiger partial charge in [0.25, 0.3) is 0 Å². The molecule has 0 aromatic heterocycles. The van der Waals surface area contributed by atoms with Crippen LogP contribution < -0.4 is 5.32 Å². The molecule has 1 aromatic rings. The second-order valence-electron chi connectivity index (χ2n) is 3.56. The smallest absolute Gasteiger partial charge is 0.138 e. The summed E-state index contributed by atoms with van der Waals surface area (Å²) in [6.45, 7) is 2.45. The van der Waals surface area contributed by atoms with E-state index in [1.54, 1.807) is 6.07 Å². The molecule has 0 spiro atoms. The van der Waals surface area contributed by atoms with Crippen molar-refractivity contribution in [2.45, 2.75) is 25.9 Å². The van der Waals surface area contributed by atoms with E-state index in [0.717, 1.165) is 6.42 Å². The molecular formula is C11H15Cl2NO2. The third kappa shape index (κ3) is 3.52. The highest BCUT2D eigenvalue weighted by Crippen LogP contribution is 2.31. The molecule has 90 valence electrons. The fourth-order valence-electron chi connectivity index (χ4n) is 1.35. The summed E-state index contributed by atoms with van der Waals surface area (Å²) < 4.78 is 0. The molecule has 0 unspecified atom stereocenters. The number of rotatable bonds is 5. The summed E-state index contributed by atoms with van der Waals surface area (Å²) in [4.78, 5) is 0. The van der Waals surface area contributed by atoms with E-state index < -0.39 is 0 Å². The van der Waals surface area contributed by atoms with Crippen molar-refractivity contribution >= 4 is 23.2 Å². The van der Waals surface area contributed by atoms with Gasteiger partial charge in [0.05, 0.1) is 11.6 Å². The standard InChI is InChI=1S/C11H15Cl2NO2/c1-2-9(6-15)14-5-7-3-8(12)4-10(13)11(7)16/h3-4,9,14-16H,2,5-6H2,1H3/t9-/m1/s1. The van der Waals surface area contributed by atoms with Crippen LogP contribution in [0.5, 0.6) is 5.75 Å². The molecule has 1 aromatic carbocycles. The highest BCUT2D eigenvalue weighted by atomic mass is 35.5. The Labute approximate surface area is 105 Å². The third-order valence-electron chi connectivity index (χ3n) is 2.40. The molecule has 0 bridgehead atoms. The van der Waals surface area contributed by atoms with E-state index in [2.05, 4.69) is 5.32 Å². The molecule has 0 amide bonds. The first-order valence-electron chi connectivity index (χ1n) is 5.09. The van der Waals surface area contributed by atoms with E-state index in [4.69, 9.17) is 28.3 Å². The zero-order valence-corrected chi connectivity index (χ0v) is 10.5. The van der Waals surface area contributed by atoms with Crippen LogP contribution in [0.1, 0.15) is 18.9 Å². The van der Waals surface area contributed by atoms with Gasteiger partial charge in [-0.2, -0.15) is 0 Å². The summed E-state index contributed by atoms with van der Waals surface area (Å²) in [5, 5.41) is 22.5. The van der Waals surface area contributed by atoms with Crippen LogP contribution in [0.15, 0.2) is 12.1 Å². The largest absolute Gasteiger partial charge is 0.506 e. The van der Waals surface area contributed by atoms with Crippen LogP contribution in [0.3, 0.4) is 0 Å². The number of aliphatic hydroxyl groups excluding tert-OH is 1. The Morgan fingerprint density at radius 2 is 2.06 bits per heavy atom. The van der Waals surface area contributed by atoms with Crippen molar-refractivity contribution in [1.29, 1.82) is 0 Å². The van der Waals surface area contributed by atoms with Crippen molar-refractivity contribution in [2.75, 3.05) is 6.61 Å². The maximum Gasteiger partial charge on any atom is 0.138 e. The molecule has 0 fully saturated rings. The molecule has 0 aliphatic rings. The summed E-state index contributed by atoms with van der Waals surface area (Å²) in [6, 6.07) is 3.16. The van der Waals surface area contributed by atoms with Gasteiger partial charge in [-0.25, -0.2) is 0 Å². The van der Waals surface area contributed by atoms with Crippen LogP contribution in [0.25, 0.3) is 0 Å². The fraction of sp³-hybridized carbons (Fsp3) is 0.455. The van der Waals surface area contributed by atoms with Crippen molar-refractivity contribution in [2.24, 2.45) is 0 Å². The van der Waals surface area contributed by atoms with Gasteiger partial charge in [0.1, 0.15) is 5.75 Å². The lowest BCUT2D eigenvalue weighted by Gasteiger charge is -2.15. The zero-order chi connectivity index (χ0) is 12.1.